The lowest BCUT2D eigenvalue weighted by atomic mass is 10.1. The summed E-state index contributed by atoms with van der Waals surface area (Å²) in [7, 11) is 0. The van der Waals surface area contributed by atoms with Crippen LogP contribution in [0.5, 0.6) is 0 Å². The van der Waals surface area contributed by atoms with E-state index in [2.05, 4.69) is 17.2 Å². The maximum Gasteiger partial charge on any atom is 0.273 e. The first-order valence-corrected chi connectivity index (χ1v) is 8.64. The first kappa shape index (κ1) is 18.7. The van der Waals surface area contributed by atoms with E-state index >= 15 is 0 Å². The van der Waals surface area contributed by atoms with Crippen molar-refractivity contribution < 1.29 is 9.21 Å². The molecule has 0 aliphatic heterocycles. The third kappa shape index (κ3) is 7.59. The van der Waals surface area contributed by atoms with Gasteiger partial charge < -0.3 is 15.5 Å². The first-order valence-electron chi connectivity index (χ1n) is 8.64. The Morgan fingerprint density at radius 1 is 1.18 bits per heavy atom. The number of carbonyl (C=O) groups is 1. The summed E-state index contributed by atoms with van der Waals surface area (Å²) in [5, 5.41) is 2.87. The highest BCUT2D eigenvalue weighted by Gasteiger charge is 2.13. The number of oxazole rings is 1. The van der Waals surface area contributed by atoms with Crippen molar-refractivity contribution in [2.24, 2.45) is 5.73 Å². The van der Waals surface area contributed by atoms with E-state index in [0.717, 1.165) is 12.8 Å². The summed E-state index contributed by atoms with van der Waals surface area (Å²) in [4.78, 5) is 15.9. The van der Waals surface area contributed by atoms with Gasteiger partial charge in [0.2, 0.25) is 5.89 Å². The van der Waals surface area contributed by atoms with Crippen molar-refractivity contribution in [3.8, 4) is 0 Å². The third-order valence-corrected chi connectivity index (χ3v) is 3.71. The van der Waals surface area contributed by atoms with E-state index in [-0.39, 0.29) is 11.9 Å². The van der Waals surface area contributed by atoms with Crippen LogP contribution >= 0.6 is 0 Å². The number of amides is 1. The molecule has 0 bridgehead atoms. The van der Waals surface area contributed by atoms with Gasteiger partial charge in [-0.3, -0.25) is 4.79 Å². The molecule has 1 amide bonds. The lowest BCUT2D eigenvalue weighted by Crippen LogP contribution is -2.24. The molecule has 126 valence electrons. The van der Waals surface area contributed by atoms with Crippen molar-refractivity contribution in [2.75, 3.05) is 6.54 Å². The number of unbranched alkanes of at least 4 members (excludes halogenated alkanes) is 8. The van der Waals surface area contributed by atoms with Crippen LogP contribution in [0.2, 0.25) is 0 Å². The molecule has 1 aromatic heterocycles. The van der Waals surface area contributed by atoms with Gasteiger partial charge in [0, 0.05) is 6.54 Å². The van der Waals surface area contributed by atoms with Gasteiger partial charge in [-0.1, -0.05) is 58.3 Å². The van der Waals surface area contributed by atoms with Crippen LogP contribution in [0.4, 0.5) is 0 Å². The van der Waals surface area contributed by atoms with Crippen LogP contribution in [0.3, 0.4) is 0 Å². The van der Waals surface area contributed by atoms with E-state index in [1.54, 1.807) is 6.92 Å². The highest BCUT2D eigenvalue weighted by molar-refractivity contribution is 5.91. The fourth-order valence-electron chi connectivity index (χ4n) is 2.33. The minimum absolute atomic E-state index is 0.185. The molecule has 0 aliphatic carbocycles. The Hall–Kier alpha value is -1.36. The summed E-state index contributed by atoms with van der Waals surface area (Å²) in [6.07, 6.45) is 12.8. The van der Waals surface area contributed by atoms with E-state index in [0.29, 0.717) is 18.1 Å². The van der Waals surface area contributed by atoms with Crippen LogP contribution in [0, 0.1) is 0 Å². The Balaban J connectivity index is 2.01. The van der Waals surface area contributed by atoms with Gasteiger partial charge in [0.05, 0.1) is 6.04 Å². The van der Waals surface area contributed by atoms with E-state index in [9.17, 15) is 4.79 Å². The zero-order valence-electron chi connectivity index (χ0n) is 14.1. The highest BCUT2D eigenvalue weighted by Crippen LogP contribution is 2.10. The van der Waals surface area contributed by atoms with E-state index in [1.165, 1.54) is 51.2 Å². The Morgan fingerprint density at radius 2 is 1.77 bits per heavy atom. The summed E-state index contributed by atoms with van der Waals surface area (Å²) >= 11 is 0. The molecule has 22 heavy (non-hydrogen) atoms. The molecule has 0 radical (unpaired) electrons. The van der Waals surface area contributed by atoms with E-state index < -0.39 is 0 Å². The monoisotopic (exact) mass is 309 g/mol. The van der Waals surface area contributed by atoms with Crippen molar-refractivity contribution in [3.63, 3.8) is 0 Å². The summed E-state index contributed by atoms with van der Waals surface area (Å²) < 4.78 is 5.15. The smallest absolute Gasteiger partial charge is 0.273 e. The summed E-state index contributed by atoms with van der Waals surface area (Å²) in [5.74, 6) is 0.212. The van der Waals surface area contributed by atoms with Crippen LogP contribution in [-0.2, 0) is 0 Å². The Labute approximate surface area is 134 Å². The van der Waals surface area contributed by atoms with Gasteiger partial charge in [0.1, 0.15) is 6.26 Å². The minimum atomic E-state index is -0.293. The molecule has 0 saturated carbocycles. The number of carbonyl (C=O) groups excluding carboxylic acids is 1. The van der Waals surface area contributed by atoms with Gasteiger partial charge in [-0.15, -0.1) is 0 Å². The van der Waals surface area contributed by atoms with Crippen LogP contribution < -0.4 is 11.1 Å². The first-order chi connectivity index (χ1) is 10.6. The Bertz CT molecular complexity index is 416. The highest BCUT2D eigenvalue weighted by atomic mass is 16.3. The lowest BCUT2D eigenvalue weighted by molar-refractivity contribution is 0.0948. The number of hydrogen-bond acceptors (Lipinski definition) is 4. The largest absolute Gasteiger partial charge is 0.446 e. The van der Waals surface area contributed by atoms with Crippen LogP contribution in [0.25, 0.3) is 0 Å². The molecule has 0 aliphatic rings. The lowest BCUT2D eigenvalue weighted by Gasteiger charge is -2.03. The maximum atomic E-state index is 11.8. The Kier molecular flexibility index (Phi) is 9.55. The maximum absolute atomic E-state index is 11.8. The van der Waals surface area contributed by atoms with Crippen molar-refractivity contribution in [1.82, 2.24) is 10.3 Å². The second kappa shape index (κ2) is 11.2. The number of hydrogen-bond donors (Lipinski definition) is 2. The molecular weight excluding hydrogens is 278 g/mol. The normalized spacial score (nSPS) is 12.3. The standard InChI is InChI=1S/C17H31N3O2/c1-3-4-5-6-7-8-9-10-11-12-19-16(21)15-13-22-17(20-15)14(2)18/h13-14H,3-12,18H2,1-2H3,(H,19,21). The molecule has 1 atom stereocenters. The predicted molar refractivity (Wildman–Crippen MR) is 88.7 cm³/mol. The molecule has 5 nitrogen and oxygen atoms in total. The summed E-state index contributed by atoms with van der Waals surface area (Å²) in [5.41, 5.74) is 5.95. The third-order valence-electron chi connectivity index (χ3n) is 3.71. The van der Waals surface area contributed by atoms with Crippen molar-refractivity contribution in [3.05, 3.63) is 17.8 Å². The molecule has 1 rings (SSSR count). The molecular formula is C17H31N3O2. The number of rotatable bonds is 12. The molecule has 1 aromatic rings. The average Bonchev–Trinajstić information content (AvgIpc) is 2.99. The molecule has 0 spiro atoms. The fourth-order valence-corrected chi connectivity index (χ4v) is 2.33. The topological polar surface area (TPSA) is 81.2 Å². The zero-order valence-corrected chi connectivity index (χ0v) is 14.1. The molecule has 0 saturated heterocycles. The number of nitrogens with one attached hydrogen (secondary N) is 1. The summed E-state index contributed by atoms with van der Waals surface area (Å²) in [6, 6.07) is -0.293. The van der Waals surface area contributed by atoms with Gasteiger partial charge in [-0.25, -0.2) is 4.98 Å². The van der Waals surface area contributed by atoms with Gasteiger partial charge in [-0.2, -0.15) is 0 Å². The van der Waals surface area contributed by atoms with Crippen LogP contribution in [-0.4, -0.2) is 17.4 Å². The summed E-state index contributed by atoms with van der Waals surface area (Å²) in [6.45, 7) is 4.70. The zero-order chi connectivity index (χ0) is 16.2. The molecule has 1 heterocycles. The van der Waals surface area contributed by atoms with E-state index in [1.807, 2.05) is 0 Å². The molecule has 0 fully saturated rings. The van der Waals surface area contributed by atoms with Crippen LogP contribution in [0.1, 0.15) is 94.1 Å². The molecule has 1 unspecified atom stereocenters. The van der Waals surface area contributed by atoms with Crippen molar-refractivity contribution >= 4 is 5.91 Å². The number of nitrogens with two attached hydrogens (primary N) is 1. The fraction of sp³-hybridized carbons (Fsp3) is 0.765. The van der Waals surface area contributed by atoms with Gasteiger partial charge in [-0.05, 0) is 13.3 Å². The molecule has 3 N–H and O–H groups in total. The van der Waals surface area contributed by atoms with Gasteiger partial charge in [0.25, 0.3) is 5.91 Å². The molecule has 5 heteroatoms. The average molecular weight is 309 g/mol. The van der Waals surface area contributed by atoms with Crippen molar-refractivity contribution in [1.29, 1.82) is 0 Å². The van der Waals surface area contributed by atoms with E-state index in [4.69, 9.17) is 10.2 Å². The number of nitrogens with zero attached hydrogens (tertiary/aromatic N) is 1. The van der Waals surface area contributed by atoms with Gasteiger partial charge in [0.15, 0.2) is 5.69 Å². The molecule has 0 aromatic carbocycles. The SMILES string of the molecule is CCCCCCCCCCCNC(=O)c1coc(C(C)N)n1. The second-order valence-electron chi connectivity index (χ2n) is 5.94. The van der Waals surface area contributed by atoms with Gasteiger partial charge >= 0.3 is 0 Å². The quantitative estimate of drug-likeness (QED) is 0.573. The Morgan fingerprint density at radius 3 is 2.32 bits per heavy atom. The van der Waals surface area contributed by atoms with Crippen molar-refractivity contribution in [2.45, 2.75) is 77.7 Å². The van der Waals surface area contributed by atoms with Crippen LogP contribution in [0.15, 0.2) is 10.7 Å². The number of aromatic nitrogens is 1. The predicted octanol–water partition coefficient (Wildman–Crippen LogP) is 3.95. The second-order valence-corrected chi connectivity index (χ2v) is 5.94. The minimum Gasteiger partial charge on any atom is -0.446 e.